The van der Waals surface area contributed by atoms with Gasteiger partial charge in [0.1, 0.15) is 6.54 Å². The Labute approximate surface area is 118 Å². The standard InChI is InChI=1S/C13H11N5O3/c19-18(20)10-3-4-11-9(5-10)6-14-17(11)7-12-15-13(16-21-12)8-1-2-8/h3-6,8H,1-2,7H2. The van der Waals surface area contributed by atoms with Crippen molar-refractivity contribution in [3.8, 4) is 0 Å². The molecule has 1 saturated carbocycles. The van der Waals surface area contributed by atoms with Crippen LogP contribution in [0, 0.1) is 10.1 Å². The number of aromatic nitrogens is 4. The lowest BCUT2D eigenvalue weighted by atomic mass is 10.2. The Balaban J connectivity index is 1.64. The first-order chi connectivity index (χ1) is 10.2. The van der Waals surface area contributed by atoms with E-state index in [1.165, 1.54) is 12.1 Å². The number of benzene rings is 1. The van der Waals surface area contributed by atoms with E-state index in [-0.39, 0.29) is 5.69 Å². The van der Waals surface area contributed by atoms with Gasteiger partial charge in [0.25, 0.3) is 5.69 Å². The highest BCUT2D eigenvalue weighted by Gasteiger charge is 2.28. The molecule has 0 radical (unpaired) electrons. The smallest absolute Gasteiger partial charge is 0.270 e. The molecular weight excluding hydrogens is 274 g/mol. The van der Waals surface area contributed by atoms with Crippen LogP contribution in [0.5, 0.6) is 0 Å². The molecule has 0 aliphatic heterocycles. The molecule has 0 amide bonds. The summed E-state index contributed by atoms with van der Waals surface area (Å²) in [6.07, 6.45) is 3.83. The summed E-state index contributed by atoms with van der Waals surface area (Å²) in [7, 11) is 0. The van der Waals surface area contributed by atoms with E-state index < -0.39 is 4.92 Å². The van der Waals surface area contributed by atoms with Crippen LogP contribution in [0.25, 0.3) is 10.9 Å². The zero-order chi connectivity index (χ0) is 14.4. The van der Waals surface area contributed by atoms with Crippen molar-refractivity contribution in [3.05, 3.63) is 46.2 Å². The van der Waals surface area contributed by atoms with E-state index in [2.05, 4.69) is 15.2 Å². The summed E-state index contributed by atoms with van der Waals surface area (Å²) in [5, 5.41) is 19.7. The van der Waals surface area contributed by atoms with Crippen LogP contribution < -0.4 is 0 Å². The number of nitro groups is 1. The molecule has 106 valence electrons. The number of nitro benzene ring substituents is 1. The fourth-order valence-electron chi connectivity index (χ4n) is 2.28. The third kappa shape index (κ3) is 2.14. The van der Waals surface area contributed by atoms with E-state index >= 15 is 0 Å². The molecule has 1 fully saturated rings. The molecule has 8 heteroatoms. The molecule has 3 aromatic rings. The molecule has 0 spiro atoms. The molecule has 0 atom stereocenters. The molecule has 4 rings (SSSR count). The second-order valence-electron chi connectivity index (χ2n) is 5.12. The zero-order valence-corrected chi connectivity index (χ0v) is 11.0. The third-order valence-corrected chi connectivity index (χ3v) is 3.55. The van der Waals surface area contributed by atoms with Crippen LogP contribution in [0.1, 0.15) is 30.5 Å². The van der Waals surface area contributed by atoms with Gasteiger partial charge in [-0.2, -0.15) is 10.1 Å². The van der Waals surface area contributed by atoms with Crippen molar-refractivity contribution < 1.29 is 9.45 Å². The van der Waals surface area contributed by atoms with E-state index in [4.69, 9.17) is 4.52 Å². The summed E-state index contributed by atoms with van der Waals surface area (Å²) in [5.41, 5.74) is 0.850. The maximum absolute atomic E-state index is 10.8. The Morgan fingerprint density at radius 3 is 3.05 bits per heavy atom. The number of hydrogen-bond acceptors (Lipinski definition) is 6. The highest BCUT2D eigenvalue weighted by atomic mass is 16.6. The Morgan fingerprint density at radius 1 is 1.43 bits per heavy atom. The average Bonchev–Trinajstić information content (AvgIpc) is 3.10. The van der Waals surface area contributed by atoms with E-state index in [0.717, 1.165) is 24.2 Å². The minimum atomic E-state index is -0.420. The van der Waals surface area contributed by atoms with Crippen molar-refractivity contribution in [2.75, 3.05) is 0 Å². The maximum atomic E-state index is 10.8. The lowest BCUT2D eigenvalue weighted by Crippen LogP contribution is -2.01. The molecular formula is C13H11N5O3. The van der Waals surface area contributed by atoms with Crippen LogP contribution in [-0.4, -0.2) is 24.8 Å². The molecule has 0 bridgehead atoms. The Morgan fingerprint density at radius 2 is 2.29 bits per heavy atom. The van der Waals surface area contributed by atoms with E-state index in [9.17, 15) is 10.1 Å². The van der Waals surface area contributed by atoms with E-state index in [1.807, 2.05) is 0 Å². The van der Waals surface area contributed by atoms with Crippen molar-refractivity contribution in [2.45, 2.75) is 25.3 Å². The van der Waals surface area contributed by atoms with E-state index in [0.29, 0.717) is 23.7 Å². The van der Waals surface area contributed by atoms with Gasteiger partial charge >= 0.3 is 0 Å². The molecule has 1 aliphatic rings. The average molecular weight is 285 g/mol. The molecule has 2 heterocycles. The van der Waals surface area contributed by atoms with Gasteiger partial charge in [0.15, 0.2) is 5.82 Å². The largest absolute Gasteiger partial charge is 0.337 e. The molecule has 0 saturated heterocycles. The third-order valence-electron chi connectivity index (χ3n) is 3.55. The van der Waals surface area contributed by atoms with Crippen molar-refractivity contribution in [3.63, 3.8) is 0 Å². The molecule has 8 nitrogen and oxygen atoms in total. The molecule has 21 heavy (non-hydrogen) atoms. The predicted octanol–water partition coefficient (Wildman–Crippen LogP) is 2.25. The SMILES string of the molecule is O=[N+]([O-])c1ccc2c(cnn2Cc2nc(C3CC3)no2)c1. The highest BCUT2D eigenvalue weighted by molar-refractivity contribution is 5.81. The summed E-state index contributed by atoms with van der Waals surface area (Å²) in [4.78, 5) is 14.7. The van der Waals surface area contributed by atoms with E-state index in [1.54, 1.807) is 16.9 Å². The molecule has 0 unspecified atom stereocenters. The van der Waals surface area contributed by atoms with Crippen LogP contribution in [0.2, 0.25) is 0 Å². The van der Waals surface area contributed by atoms with Crippen molar-refractivity contribution in [1.29, 1.82) is 0 Å². The molecule has 1 aromatic carbocycles. The molecule has 0 N–H and O–H groups in total. The number of fused-ring (bicyclic) bond motifs is 1. The second-order valence-corrected chi connectivity index (χ2v) is 5.12. The monoisotopic (exact) mass is 285 g/mol. The van der Waals surface area contributed by atoms with Crippen molar-refractivity contribution >= 4 is 16.6 Å². The van der Waals surface area contributed by atoms with Gasteiger partial charge in [-0.3, -0.25) is 14.8 Å². The van der Waals surface area contributed by atoms with Gasteiger partial charge in [0.2, 0.25) is 5.89 Å². The summed E-state index contributed by atoms with van der Waals surface area (Å²) >= 11 is 0. The van der Waals surface area contributed by atoms with Crippen LogP contribution >= 0.6 is 0 Å². The minimum Gasteiger partial charge on any atom is -0.337 e. The maximum Gasteiger partial charge on any atom is 0.270 e. The minimum absolute atomic E-state index is 0.0517. The summed E-state index contributed by atoms with van der Waals surface area (Å²) in [6, 6.07) is 4.64. The lowest BCUT2D eigenvalue weighted by Gasteiger charge is -1.99. The Hall–Kier alpha value is -2.77. The molecule has 2 aromatic heterocycles. The number of hydrogen-bond donors (Lipinski definition) is 0. The first kappa shape index (κ1) is 12.0. The first-order valence-corrected chi connectivity index (χ1v) is 6.63. The lowest BCUT2D eigenvalue weighted by molar-refractivity contribution is -0.384. The highest BCUT2D eigenvalue weighted by Crippen LogP contribution is 2.38. The van der Waals surface area contributed by atoms with Gasteiger partial charge in [-0.25, -0.2) is 0 Å². The van der Waals surface area contributed by atoms with Crippen LogP contribution in [0.15, 0.2) is 28.9 Å². The Bertz CT molecular complexity index is 833. The van der Waals surface area contributed by atoms with Crippen molar-refractivity contribution in [2.24, 2.45) is 0 Å². The summed E-state index contributed by atoms with van der Waals surface area (Å²) in [5.74, 6) is 1.71. The number of nitrogens with zero attached hydrogens (tertiary/aromatic N) is 5. The van der Waals surface area contributed by atoms with Gasteiger partial charge in [0, 0.05) is 23.4 Å². The first-order valence-electron chi connectivity index (χ1n) is 6.63. The quantitative estimate of drug-likeness (QED) is 0.538. The number of non-ortho nitro benzene ring substituents is 1. The van der Waals surface area contributed by atoms with Gasteiger partial charge in [-0.15, -0.1) is 0 Å². The van der Waals surface area contributed by atoms with Crippen LogP contribution in [0.4, 0.5) is 5.69 Å². The summed E-state index contributed by atoms with van der Waals surface area (Å²) < 4.78 is 6.92. The fraction of sp³-hybridized carbons (Fsp3) is 0.308. The van der Waals surface area contributed by atoms with Crippen LogP contribution in [0.3, 0.4) is 0 Å². The van der Waals surface area contributed by atoms with Gasteiger partial charge in [-0.1, -0.05) is 5.16 Å². The van der Waals surface area contributed by atoms with Gasteiger partial charge in [-0.05, 0) is 18.9 Å². The Kier molecular flexibility index (Phi) is 2.50. The summed E-state index contributed by atoms with van der Waals surface area (Å²) in [6.45, 7) is 0.362. The normalized spacial score (nSPS) is 14.7. The topological polar surface area (TPSA) is 99.9 Å². The number of rotatable bonds is 4. The van der Waals surface area contributed by atoms with Gasteiger partial charge in [0.05, 0.1) is 16.6 Å². The molecule has 1 aliphatic carbocycles. The van der Waals surface area contributed by atoms with Crippen molar-refractivity contribution in [1.82, 2.24) is 19.9 Å². The fourth-order valence-corrected chi connectivity index (χ4v) is 2.28. The van der Waals surface area contributed by atoms with Crippen LogP contribution in [-0.2, 0) is 6.54 Å². The predicted molar refractivity (Wildman–Crippen MR) is 71.8 cm³/mol. The van der Waals surface area contributed by atoms with Gasteiger partial charge < -0.3 is 4.52 Å². The second kappa shape index (κ2) is 4.37. The zero-order valence-electron chi connectivity index (χ0n) is 11.0.